The Kier molecular flexibility index (Phi) is 4.19. The van der Waals surface area contributed by atoms with Gasteiger partial charge in [-0.2, -0.15) is 8.78 Å². The highest BCUT2D eigenvalue weighted by molar-refractivity contribution is 5.97. The van der Waals surface area contributed by atoms with E-state index in [9.17, 15) is 13.6 Å². The molecular weight excluding hydrogens is 232 g/mol. The van der Waals surface area contributed by atoms with E-state index in [0.29, 0.717) is 5.69 Å². The number of pyridine rings is 1. The molecule has 1 amide bonds. The van der Waals surface area contributed by atoms with Crippen LogP contribution in [0.5, 0.6) is 5.88 Å². The highest BCUT2D eigenvalue weighted by Crippen LogP contribution is 2.32. The van der Waals surface area contributed by atoms with Gasteiger partial charge in [-0.25, -0.2) is 4.98 Å². The van der Waals surface area contributed by atoms with Gasteiger partial charge >= 0.3 is 6.43 Å². The third kappa shape index (κ3) is 3.02. The van der Waals surface area contributed by atoms with Crippen LogP contribution in [0.15, 0.2) is 12.3 Å². The maximum absolute atomic E-state index is 12.2. The average molecular weight is 245 g/mol. The molecule has 0 aliphatic carbocycles. The van der Waals surface area contributed by atoms with Crippen LogP contribution in [-0.4, -0.2) is 38.5 Å². The number of carbonyl (C=O) groups is 1. The number of alkyl halides is 2. The van der Waals surface area contributed by atoms with Gasteiger partial charge in [0.05, 0.1) is 12.8 Å². The van der Waals surface area contributed by atoms with Crippen molar-refractivity contribution in [2.45, 2.75) is 6.43 Å². The van der Waals surface area contributed by atoms with Crippen LogP contribution in [0.25, 0.3) is 0 Å². The zero-order valence-corrected chi connectivity index (χ0v) is 9.70. The molecule has 1 aromatic heterocycles. The number of methoxy groups -OCH3 is 1. The fraction of sp³-hybridized carbons (Fsp3) is 0.400. The fourth-order valence-electron chi connectivity index (χ4n) is 1.26. The molecule has 5 nitrogen and oxygen atoms in total. The number of nitrogens with one attached hydrogen (secondary N) is 1. The first kappa shape index (κ1) is 13.1. The van der Waals surface area contributed by atoms with Crippen molar-refractivity contribution in [1.29, 1.82) is 0 Å². The fourth-order valence-corrected chi connectivity index (χ4v) is 1.26. The molecule has 17 heavy (non-hydrogen) atoms. The lowest BCUT2D eigenvalue weighted by Gasteiger charge is -2.19. The molecule has 94 valence electrons. The zero-order valence-electron chi connectivity index (χ0n) is 9.70. The molecule has 0 saturated heterocycles. The standard InChI is InChI=1S/C10H13F2N3O2/c1-15(2)6-4-5-13-10(17-3)7(6)14-9(16)8(11)12/h4-5,8H,1-3H3,(H,14,16). The van der Waals surface area contributed by atoms with Gasteiger partial charge < -0.3 is 15.0 Å². The van der Waals surface area contributed by atoms with E-state index in [-0.39, 0.29) is 11.6 Å². The SMILES string of the molecule is COc1nccc(N(C)C)c1NC(=O)C(F)F. The van der Waals surface area contributed by atoms with E-state index in [2.05, 4.69) is 10.3 Å². The average Bonchev–Trinajstić information content (AvgIpc) is 2.28. The first-order valence-corrected chi connectivity index (χ1v) is 4.76. The summed E-state index contributed by atoms with van der Waals surface area (Å²) in [4.78, 5) is 16.5. The maximum Gasteiger partial charge on any atom is 0.315 e. The van der Waals surface area contributed by atoms with Gasteiger partial charge in [-0.15, -0.1) is 0 Å². The molecule has 0 atom stereocenters. The first-order chi connectivity index (χ1) is 7.97. The van der Waals surface area contributed by atoms with E-state index in [1.807, 2.05) is 0 Å². The van der Waals surface area contributed by atoms with Crippen molar-refractivity contribution in [1.82, 2.24) is 4.98 Å². The number of aromatic nitrogens is 1. The van der Waals surface area contributed by atoms with Crippen LogP contribution in [0.2, 0.25) is 0 Å². The Morgan fingerprint density at radius 1 is 1.53 bits per heavy atom. The minimum Gasteiger partial charge on any atom is -0.479 e. The summed E-state index contributed by atoms with van der Waals surface area (Å²) >= 11 is 0. The summed E-state index contributed by atoms with van der Waals surface area (Å²) < 4.78 is 29.3. The van der Waals surface area contributed by atoms with Crippen molar-refractivity contribution >= 4 is 17.3 Å². The third-order valence-corrected chi connectivity index (χ3v) is 2.02. The molecule has 0 radical (unpaired) electrons. The normalized spacial score (nSPS) is 10.2. The Morgan fingerprint density at radius 3 is 2.65 bits per heavy atom. The summed E-state index contributed by atoms with van der Waals surface area (Å²) in [5.74, 6) is -1.30. The van der Waals surface area contributed by atoms with Gasteiger partial charge in [-0.1, -0.05) is 0 Å². The number of hydrogen-bond donors (Lipinski definition) is 1. The van der Waals surface area contributed by atoms with Gasteiger partial charge in [0.2, 0.25) is 5.88 Å². The third-order valence-electron chi connectivity index (χ3n) is 2.02. The van der Waals surface area contributed by atoms with Gasteiger partial charge in [0.15, 0.2) is 0 Å². The summed E-state index contributed by atoms with van der Waals surface area (Å²) in [5.41, 5.74) is 0.663. The number of rotatable bonds is 4. The monoisotopic (exact) mass is 245 g/mol. The number of anilines is 2. The lowest BCUT2D eigenvalue weighted by atomic mass is 10.3. The minimum atomic E-state index is -3.09. The predicted molar refractivity (Wildman–Crippen MR) is 59.7 cm³/mol. The molecule has 0 aromatic carbocycles. The smallest absolute Gasteiger partial charge is 0.315 e. The molecule has 0 unspecified atom stereocenters. The maximum atomic E-state index is 12.2. The number of amides is 1. The van der Waals surface area contributed by atoms with Crippen LogP contribution in [0.3, 0.4) is 0 Å². The number of nitrogens with zero attached hydrogens (tertiary/aromatic N) is 2. The molecule has 0 bridgehead atoms. The Labute approximate surface area is 97.4 Å². The number of halogens is 2. The van der Waals surface area contributed by atoms with E-state index < -0.39 is 12.3 Å². The van der Waals surface area contributed by atoms with E-state index >= 15 is 0 Å². The van der Waals surface area contributed by atoms with E-state index in [0.717, 1.165) is 0 Å². The van der Waals surface area contributed by atoms with Gasteiger partial charge in [-0.05, 0) is 6.07 Å². The van der Waals surface area contributed by atoms with E-state index in [1.165, 1.54) is 13.3 Å². The predicted octanol–water partition coefficient (Wildman–Crippen LogP) is 1.36. The second kappa shape index (κ2) is 5.42. The van der Waals surface area contributed by atoms with E-state index in [4.69, 9.17) is 4.74 Å². The number of hydrogen-bond acceptors (Lipinski definition) is 4. The molecule has 0 fully saturated rings. The van der Waals surface area contributed by atoms with Crippen molar-refractivity contribution in [3.8, 4) is 5.88 Å². The molecule has 7 heteroatoms. The van der Waals surface area contributed by atoms with Crippen LogP contribution >= 0.6 is 0 Å². The molecule has 1 heterocycles. The lowest BCUT2D eigenvalue weighted by molar-refractivity contribution is -0.126. The van der Waals surface area contributed by atoms with Crippen molar-refractivity contribution in [3.05, 3.63) is 12.3 Å². The van der Waals surface area contributed by atoms with Crippen LogP contribution in [0, 0.1) is 0 Å². The van der Waals surface area contributed by atoms with Crippen molar-refractivity contribution in [2.24, 2.45) is 0 Å². The molecule has 0 spiro atoms. The second-order valence-corrected chi connectivity index (χ2v) is 3.40. The summed E-state index contributed by atoms with van der Waals surface area (Å²) in [6, 6.07) is 1.59. The summed E-state index contributed by atoms with van der Waals surface area (Å²) in [6.45, 7) is 0. The van der Waals surface area contributed by atoms with Gasteiger partial charge in [0, 0.05) is 20.3 Å². The molecule has 1 rings (SSSR count). The Bertz CT molecular complexity index is 411. The van der Waals surface area contributed by atoms with Gasteiger partial charge in [0.1, 0.15) is 5.69 Å². The second-order valence-electron chi connectivity index (χ2n) is 3.40. The van der Waals surface area contributed by atoms with Crippen molar-refractivity contribution in [2.75, 3.05) is 31.4 Å². The number of ether oxygens (including phenoxy) is 1. The molecule has 0 aliphatic rings. The van der Waals surface area contributed by atoms with Crippen LogP contribution in [-0.2, 0) is 4.79 Å². The summed E-state index contributed by atoms with van der Waals surface area (Å²) in [6.07, 6.45) is -1.62. The van der Waals surface area contributed by atoms with Crippen LogP contribution < -0.4 is 15.0 Å². The lowest BCUT2D eigenvalue weighted by Crippen LogP contribution is -2.23. The Morgan fingerprint density at radius 2 is 2.18 bits per heavy atom. The molecule has 1 aromatic rings. The van der Waals surface area contributed by atoms with E-state index in [1.54, 1.807) is 25.1 Å². The highest BCUT2D eigenvalue weighted by atomic mass is 19.3. The molecule has 1 N–H and O–H groups in total. The minimum absolute atomic E-state index is 0.0881. The quantitative estimate of drug-likeness (QED) is 0.870. The van der Waals surface area contributed by atoms with Gasteiger partial charge in [0.25, 0.3) is 5.91 Å². The van der Waals surface area contributed by atoms with Crippen molar-refractivity contribution in [3.63, 3.8) is 0 Å². The molecular formula is C10H13F2N3O2. The van der Waals surface area contributed by atoms with Crippen LogP contribution in [0.1, 0.15) is 0 Å². The molecule has 0 saturated carbocycles. The summed E-state index contributed by atoms with van der Waals surface area (Å²) in [7, 11) is 4.78. The number of carbonyl (C=O) groups excluding carboxylic acids is 1. The first-order valence-electron chi connectivity index (χ1n) is 4.76. The topological polar surface area (TPSA) is 54.5 Å². The zero-order chi connectivity index (χ0) is 13.0. The highest BCUT2D eigenvalue weighted by Gasteiger charge is 2.20. The Balaban J connectivity index is 3.13. The van der Waals surface area contributed by atoms with Crippen molar-refractivity contribution < 1.29 is 18.3 Å². The Hall–Kier alpha value is -1.92. The van der Waals surface area contributed by atoms with Gasteiger partial charge in [-0.3, -0.25) is 4.79 Å². The largest absolute Gasteiger partial charge is 0.479 e. The van der Waals surface area contributed by atoms with Crippen LogP contribution in [0.4, 0.5) is 20.2 Å². The summed E-state index contributed by atoms with van der Waals surface area (Å²) in [5, 5.41) is 2.09. The molecule has 0 aliphatic heterocycles.